The average molecular weight is 261 g/mol. The van der Waals surface area contributed by atoms with Crippen LogP contribution in [0.2, 0.25) is 5.02 Å². The van der Waals surface area contributed by atoms with Gasteiger partial charge in [0.15, 0.2) is 0 Å². The lowest BCUT2D eigenvalue weighted by molar-refractivity contribution is 0.0745. The van der Waals surface area contributed by atoms with E-state index in [0.29, 0.717) is 24.7 Å². The highest BCUT2D eigenvalue weighted by Gasteiger charge is 2.24. The van der Waals surface area contributed by atoms with Crippen molar-refractivity contribution >= 4 is 29.9 Å². The average Bonchev–Trinajstić information content (AvgIpc) is 2.23. The van der Waals surface area contributed by atoms with Crippen LogP contribution in [0.25, 0.3) is 0 Å². The molecule has 1 aromatic carbocycles. The summed E-state index contributed by atoms with van der Waals surface area (Å²) in [5.41, 5.74) is 7.15. The number of amides is 1. The maximum absolute atomic E-state index is 12.0. The third-order valence-corrected chi connectivity index (χ3v) is 3.02. The van der Waals surface area contributed by atoms with Crippen LogP contribution in [0, 0.1) is 0 Å². The van der Waals surface area contributed by atoms with Crippen molar-refractivity contribution in [2.75, 3.05) is 19.6 Å². The molecular formula is C11H14Cl2N2O. The molecule has 1 aromatic rings. The Balaban J connectivity index is 0.00000128. The molecule has 0 aromatic heterocycles. The lowest BCUT2D eigenvalue weighted by Gasteiger charge is -2.28. The van der Waals surface area contributed by atoms with E-state index in [-0.39, 0.29) is 18.3 Å². The molecule has 2 rings (SSSR count). The van der Waals surface area contributed by atoms with Gasteiger partial charge >= 0.3 is 0 Å². The Labute approximate surface area is 106 Å². The van der Waals surface area contributed by atoms with E-state index in [0.717, 1.165) is 17.5 Å². The van der Waals surface area contributed by atoms with Crippen molar-refractivity contribution in [1.82, 2.24) is 4.90 Å². The van der Waals surface area contributed by atoms with Crippen LogP contribution in [-0.4, -0.2) is 30.4 Å². The van der Waals surface area contributed by atoms with Crippen LogP contribution in [-0.2, 0) is 6.42 Å². The molecule has 0 fully saturated rings. The first-order valence-corrected chi connectivity index (χ1v) is 5.38. The molecule has 88 valence electrons. The van der Waals surface area contributed by atoms with Crippen LogP contribution in [0.15, 0.2) is 18.2 Å². The van der Waals surface area contributed by atoms with Crippen molar-refractivity contribution in [3.05, 3.63) is 34.3 Å². The molecule has 1 heterocycles. The number of rotatable bonds is 2. The fraction of sp³-hybridized carbons (Fsp3) is 0.364. The second kappa shape index (κ2) is 5.53. The SMILES string of the molecule is Cl.NCCN1CCc2c(Cl)cccc2C1=O. The van der Waals surface area contributed by atoms with E-state index in [1.807, 2.05) is 18.2 Å². The molecule has 3 nitrogen and oxygen atoms in total. The van der Waals surface area contributed by atoms with Crippen LogP contribution >= 0.6 is 24.0 Å². The Morgan fingerprint density at radius 2 is 2.19 bits per heavy atom. The minimum atomic E-state index is 0. The van der Waals surface area contributed by atoms with Gasteiger partial charge in [0.1, 0.15) is 0 Å². The lowest BCUT2D eigenvalue weighted by Crippen LogP contribution is -2.40. The summed E-state index contributed by atoms with van der Waals surface area (Å²) < 4.78 is 0. The van der Waals surface area contributed by atoms with E-state index in [1.165, 1.54) is 0 Å². The van der Waals surface area contributed by atoms with Crippen molar-refractivity contribution in [3.63, 3.8) is 0 Å². The number of nitrogens with zero attached hydrogens (tertiary/aromatic N) is 1. The Morgan fingerprint density at radius 3 is 2.88 bits per heavy atom. The van der Waals surface area contributed by atoms with Crippen LogP contribution in [0.4, 0.5) is 0 Å². The first kappa shape index (κ1) is 13.3. The van der Waals surface area contributed by atoms with Crippen LogP contribution < -0.4 is 5.73 Å². The minimum Gasteiger partial charge on any atom is -0.337 e. The summed E-state index contributed by atoms with van der Waals surface area (Å²) in [6.07, 6.45) is 0.820. The van der Waals surface area contributed by atoms with Crippen molar-refractivity contribution in [2.24, 2.45) is 5.73 Å². The molecular weight excluding hydrogens is 247 g/mol. The highest BCUT2D eigenvalue weighted by molar-refractivity contribution is 6.32. The second-order valence-corrected chi connectivity index (χ2v) is 4.00. The maximum atomic E-state index is 12.0. The van der Waals surface area contributed by atoms with Crippen molar-refractivity contribution in [3.8, 4) is 0 Å². The number of carbonyl (C=O) groups excluding carboxylic acids is 1. The van der Waals surface area contributed by atoms with Gasteiger partial charge in [0.05, 0.1) is 0 Å². The Kier molecular flexibility index (Phi) is 4.59. The maximum Gasteiger partial charge on any atom is 0.254 e. The summed E-state index contributed by atoms with van der Waals surface area (Å²) in [5.74, 6) is 0.0456. The predicted molar refractivity (Wildman–Crippen MR) is 67.4 cm³/mol. The van der Waals surface area contributed by atoms with Gasteiger partial charge in [0, 0.05) is 30.2 Å². The molecule has 16 heavy (non-hydrogen) atoms. The topological polar surface area (TPSA) is 46.3 Å². The number of fused-ring (bicyclic) bond motifs is 1. The fourth-order valence-electron chi connectivity index (χ4n) is 1.90. The van der Waals surface area contributed by atoms with E-state index in [9.17, 15) is 4.79 Å². The van der Waals surface area contributed by atoms with Crippen LogP contribution in [0.1, 0.15) is 15.9 Å². The van der Waals surface area contributed by atoms with Gasteiger partial charge in [-0.05, 0) is 24.1 Å². The Hall–Kier alpha value is -0.770. The zero-order chi connectivity index (χ0) is 10.8. The summed E-state index contributed by atoms with van der Waals surface area (Å²) in [5, 5.41) is 0.688. The Bertz CT molecular complexity index is 396. The normalized spacial score (nSPS) is 14.4. The smallest absolute Gasteiger partial charge is 0.254 e. The summed E-state index contributed by atoms with van der Waals surface area (Å²) in [4.78, 5) is 13.7. The number of hydrogen-bond acceptors (Lipinski definition) is 2. The monoisotopic (exact) mass is 260 g/mol. The molecule has 1 aliphatic rings. The van der Waals surface area contributed by atoms with Gasteiger partial charge in [-0.15, -0.1) is 12.4 Å². The molecule has 0 saturated carbocycles. The molecule has 5 heteroatoms. The summed E-state index contributed by atoms with van der Waals surface area (Å²) in [7, 11) is 0. The standard InChI is InChI=1S/C11H13ClN2O.ClH/c12-10-3-1-2-9-8(10)4-6-14(7-5-13)11(9)15;/h1-3H,4-7,13H2;1H. The summed E-state index contributed by atoms with van der Waals surface area (Å²) >= 11 is 6.04. The number of nitrogens with two attached hydrogens (primary N) is 1. The molecule has 0 aliphatic carbocycles. The van der Waals surface area contributed by atoms with Crippen LogP contribution in [0.3, 0.4) is 0 Å². The summed E-state index contributed by atoms with van der Waals surface area (Å²) in [6, 6.07) is 5.46. The van der Waals surface area contributed by atoms with Gasteiger partial charge in [0.25, 0.3) is 5.91 Å². The van der Waals surface area contributed by atoms with Crippen molar-refractivity contribution in [2.45, 2.75) is 6.42 Å². The molecule has 2 N–H and O–H groups in total. The molecule has 0 bridgehead atoms. The third kappa shape index (κ3) is 2.32. The highest BCUT2D eigenvalue weighted by atomic mass is 35.5. The Morgan fingerprint density at radius 1 is 1.44 bits per heavy atom. The van der Waals surface area contributed by atoms with Crippen LogP contribution in [0.5, 0.6) is 0 Å². The van der Waals surface area contributed by atoms with E-state index < -0.39 is 0 Å². The third-order valence-electron chi connectivity index (χ3n) is 2.67. The van der Waals surface area contributed by atoms with E-state index in [2.05, 4.69) is 0 Å². The zero-order valence-electron chi connectivity index (χ0n) is 8.78. The highest BCUT2D eigenvalue weighted by Crippen LogP contribution is 2.25. The largest absolute Gasteiger partial charge is 0.337 e. The van der Waals surface area contributed by atoms with Crippen molar-refractivity contribution < 1.29 is 4.79 Å². The number of hydrogen-bond donors (Lipinski definition) is 1. The second-order valence-electron chi connectivity index (χ2n) is 3.60. The van der Waals surface area contributed by atoms with E-state index >= 15 is 0 Å². The first-order valence-electron chi connectivity index (χ1n) is 5.00. The zero-order valence-corrected chi connectivity index (χ0v) is 10.4. The van der Waals surface area contributed by atoms with Gasteiger partial charge in [0.2, 0.25) is 0 Å². The number of carbonyl (C=O) groups is 1. The van der Waals surface area contributed by atoms with Gasteiger partial charge < -0.3 is 10.6 Å². The van der Waals surface area contributed by atoms with E-state index in [4.69, 9.17) is 17.3 Å². The van der Waals surface area contributed by atoms with Gasteiger partial charge in [-0.25, -0.2) is 0 Å². The fourth-order valence-corrected chi connectivity index (χ4v) is 2.17. The lowest BCUT2D eigenvalue weighted by atomic mass is 9.99. The molecule has 0 radical (unpaired) electrons. The molecule has 0 saturated heterocycles. The summed E-state index contributed by atoms with van der Waals surface area (Å²) in [6.45, 7) is 1.83. The van der Waals surface area contributed by atoms with E-state index in [1.54, 1.807) is 4.90 Å². The first-order chi connectivity index (χ1) is 7.24. The molecule has 1 amide bonds. The van der Waals surface area contributed by atoms with Gasteiger partial charge in [-0.3, -0.25) is 4.79 Å². The molecule has 0 atom stereocenters. The van der Waals surface area contributed by atoms with Crippen molar-refractivity contribution in [1.29, 1.82) is 0 Å². The molecule has 0 spiro atoms. The predicted octanol–water partition coefficient (Wildman–Crippen LogP) is 1.72. The molecule has 0 unspecified atom stereocenters. The molecule has 1 aliphatic heterocycles. The number of benzene rings is 1. The van der Waals surface area contributed by atoms with Gasteiger partial charge in [-0.2, -0.15) is 0 Å². The van der Waals surface area contributed by atoms with Gasteiger partial charge in [-0.1, -0.05) is 17.7 Å². The quantitative estimate of drug-likeness (QED) is 0.881. The minimum absolute atomic E-state index is 0. The number of halogens is 2.